The number of amides is 2. The number of esters is 2. The highest BCUT2D eigenvalue weighted by Crippen LogP contribution is 2.36. The first-order valence-corrected chi connectivity index (χ1v) is 10.5. The molecule has 1 atom stereocenters. The molecule has 180 valence electrons. The molecule has 0 saturated carbocycles. The van der Waals surface area contributed by atoms with Crippen molar-refractivity contribution in [3.8, 4) is 11.5 Å². The zero-order valence-corrected chi connectivity index (χ0v) is 19.4. The van der Waals surface area contributed by atoms with Gasteiger partial charge in [-0.3, -0.25) is 0 Å². The lowest BCUT2D eigenvalue weighted by Gasteiger charge is -2.27. The first kappa shape index (κ1) is 24.7. The van der Waals surface area contributed by atoms with E-state index >= 15 is 0 Å². The molecule has 2 N–H and O–H groups in total. The minimum Gasteiger partial charge on any atom is -0.493 e. The molecule has 0 fully saturated rings. The average Bonchev–Trinajstić information content (AvgIpc) is 3.35. The van der Waals surface area contributed by atoms with Gasteiger partial charge in [0, 0.05) is 6.08 Å². The van der Waals surface area contributed by atoms with Crippen molar-refractivity contribution < 1.29 is 37.7 Å². The lowest BCUT2D eigenvalue weighted by atomic mass is 10.0. The number of methoxy groups -OCH3 is 2. The number of carbonyl (C=O) groups excluding carboxylic acids is 3. The van der Waals surface area contributed by atoms with Crippen LogP contribution in [0, 0.1) is 0 Å². The SMILES string of the molecule is CCOC(=O)C1=C(COC(=O)/C=C/c2cc(Cl)c(OC)c(OC)c2)NC(=O)NC1c1ccco1. The predicted octanol–water partition coefficient (Wildman–Crippen LogP) is 3.38. The van der Waals surface area contributed by atoms with Gasteiger partial charge in [0.2, 0.25) is 0 Å². The molecular formula is C23H23ClN2O8. The molecule has 0 spiro atoms. The van der Waals surface area contributed by atoms with Crippen LogP contribution in [0.5, 0.6) is 11.5 Å². The summed E-state index contributed by atoms with van der Waals surface area (Å²) in [4.78, 5) is 37.1. The smallest absolute Gasteiger partial charge is 0.338 e. The van der Waals surface area contributed by atoms with Gasteiger partial charge >= 0.3 is 18.0 Å². The molecule has 34 heavy (non-hydrogen) atoms. The third-order valence-corrected chi connectivity index (χ3v) is 4.98. The van der Waals surface area contributed by atoms with Gasteiger partial charge < -0.3 is 34.0 Å². The van der Waals surface area contributed by atoms with E-state index in [1.807, 2.05) is 0 Å². The highest BCUT2D eigenvalue weighted by Gasteiger charge is 2.35. The predicted molar refractivity (Wildman–Crippen MR) is 121 cm³/mol. The van der Waals surface area contributed by atoms with E-state index in [4.69, 9.17) is 35.0 Å². The van der Waals surface area contributed by atoms with Gasteiger partial charge in [0.1, 0.15) is 18.4 Å². The minimum atomic E-state index is -0.902. The van der Waals surface area contributed by atoms with Gasteiger partial charge in [-0.05, 0) is 42.8 Å². The van der Waals surface area contributed by atoms with Crippen molar-refractivity contribution in [2.24, 2.45) is 0 Å². The summed E-state index contributed by atoms with van der Waals surface area (Å²) < 4.78 is 26.1. The molecule has 1 aliphatic rings. The van der Waals surface area contributed by atoms with Crippen molar-refractivity contribution in [3.63, 3.8) is 0 Å². The topological polar surface area (TPSA) is 125 Å². The fourth-order valence-electron chi connectivity index (χ4n) is 3.24. The Kier molecular flexibility index (Phi) is 8.20. The quantitative estimate of drug-likeness (QED) is 0.405. The fourth-order valence-corrected chi connectivity index (χ4v) is 3.54. The number of ether oxygens (including phenoxy) is 4. The van der Waals surface area contributed by atoms with Crippen LogP contribution < -0.4 is 20.1 Å². The van der Waals surface area contributed by atoms with Gasteiger partial charge in [-0.15, -0.1) is 0 Å². The maximum Gasteiger partial charge on any atom is 0.338 e. The first-order chi connectivity index (χ1) is 16.4. The van der Waals surface area contributed by atoms with Crippen molar-refractivity contribution in [2.75, 3.05) is 27.4 Å². The molecule has 1 aromatic carbocycles. The number of hydrogen-bond donors (Lipinski definition) is 2. The molecule has 2 amide bonds. The lowest BCUT2D eigenvalue weighted by molar-refractivity contribution is -0.140. The molecule has 11 heteroatoms. The number of carbonyl (C=O) groups is 3. The molecule has 10 nitrogen and oxygen atoms in total. The van der Waals surface area contributed by atoms with Crippen LogP contribution in [0.1, 0.15) is 24.3 Å². The Hall–Kier alpha value is -3.92. The molecule has 2 aromatic rings. The standard InChI is InChI=1S/C23H23ClN2O8/c1-4-32-22(28)19-15(25-23(29)26-20(19)16-6-5-9-33-16)12-34-18(27)8-7-13-10-14(24)21(31-3)17(11-13)30-2/h5-11,20H,4,12H2,1-3H3,(H2,25,26,29)/b8-7+. The normalized spacial score (nSPS) is 15.5. The molecule has 0 bridgehead atoms. The van der Waals surface area contributed by atoms with Crippen LogP contribution in [0.15, 0.2) is 52.3 Å². The van der Waals surface area contributed by atoms with Gasteiger partial charge in [0.05, 0.1) is 43.4 Å². The summed E-state index contributed by atoms with van der Waals surface area (Å²) in [5.74, 6) is -0.308. The maximum absolute atomic E-state index is 12.6. The number of benzene rings is 1. The van der Waals surface area contributed by atoms with Gasteiger partial charge in [-0.2, -0.15) is 0 Å². The Morgan fingerprint density at radius 2 is 2.00 bits per heavy atom. The van der Waals surface area contributed by atoms with E-state index < -0.39 is 24.0 Å². The van der Waals surface area contributed by atoms with E-state index in [-0.39, 0.29) is 24.5 Å². The van der Waals surface area contributed by atoms with Gasteiger partial charge in [0.15, 0.2) is 11.5 Å². The maximum atomic E-state index is 12.6. The largest absolute Gasteiger partial charge is 0.493 e. The van der Waals surface area contributed by atoms with E-state index in [9.17, 15) is 14.4 Å². The second-order valence-electron chi connectivity index (χ2n) is 6.84. The molecule has 1 unspecified atom stereocenters. The average molecular weight is 491 g/mol. The number of urea groups is 1. The number of nitrogens with one attached hydrogen (secondary N) is 2. The Balaban J connectivity index is 1.79. The van der Waals surface area contributed by atoms with Gasteiger partial charge in [-0.1, -0.05) is 11.6 Å². The monoisotopic (exact) mass is 490 g/mol. The van der Waals surface area contributed by atoms with Crippen molar-refractivity contribution in [3.05, 3.63) is 64.2 Å². The van der Waals surface area contributed by atoms with Gasteiger partial charge in [0.25, 0.3) is 0 Å². The number of halogens is 1. The third-order valence-electron chi connectivity index (χ3n) is 4.70. The summed E-state index contributed by atoms with van der Waals surface area (Å²) in [7, 11) is 2.93. The second-order valence-corrected chi connectivity index (χ2v) is 7.25. The minimum absolute atomic E-state index is 0.0693. The lowest BCUT2D eigenvalue weighted by Crippen LogP contribution is -2.47. The molecule has 0 saturated heterocycles. The zero-order chi connectivity index (χ0) is 24.7. The Labute approximate surface area is 200 Å². The highest BCUT2D eigenvalue weighted by atomic mass is 35.5. The summed E-state index contributed by atoms with van der Waals surface area (Å²) >= 11 is 6.17. The molecule has 1 aromatic heterocycles. The van der Waals surface area contributed by atoms with E-state index in [2.05, 4.69) is 10.6 Å². The van der Waals surface area contributed by atoms with Crippen molar-refractivity contribution >= 4 is 35.6 Å². The molecular weight excluding hydrogens is 468 g/mol. The first-order valence-electron chi connectivity index (χ1n) is 10.1. The molecule has 3 rings (SSSR count). The summed E-state index contributed by atoms with van der Waals surface area (Å²) in [6.07, 6.45) is 4.07. The summed E-state index contributed by atoms with van der Waals surface area (Å²) in [6, 6.07) is 4.97. The van der Waals surface area contributed by atoms with Crippen LogP contribution in [0.3, 0.4) is 0 Å². The molecule has 0 radical (unpaired) electrons. The summed E-state index contributed by atoms with van der Waals surface area (Å²) in [5, 5.41) is 5.41. The van der Waals surface area contributed by atoms with E-state index in [1.165, 1.54) is 32.6 Å². The molecule has 1 aliphatic heterocycles. The number of furan rings is 1. The summed E-state index contributed by atoms with van der Waals surface area (Å²) in [6.45, 7) is 1.39. The number of rotatable bonds is 9. The third kappa shape index (κ3) is 5.70. The van der Waals surface area contributed by atoms with E-state index in [0.29, 0.717) is 27.8 Å². The zero-order valence-electron chi connectivity index (χ0n) is 18.7. The highest BCUT2D eigenvalue weighted by molar-refractivity contribution is 6.32. The fraction of sp³-hybridized carbons (Fsp3) is 0.261. The molecule has 2 heterocycles. The summed E-state index contributed by atoms with van der Waals surface area (Å²) in [5.41, 5.74) is 0.721. The van der Waals surface area contributed by atoms with Crippen LogP contribution >= 0.6 is 11.6 Å². The van der Waals surface area contributed by atoms with Gasteiger partial charge in [-0.25, -0.2) is 14.4 Å². The van der Waals surface area contributed by atoms with Crippen LogP contribution in [0.2, 0.25) is 5.02 Å². The van der Waals surface area contributed by atoms with E-state index in [0.717, 1.165) is 0 Å². The van der Waals surface area contributed by atoms with Crippen molar-refractivity contribution in [2.45, 2.75) is 13.0 Å². The van der Waals surface area contributed by atoms with Crippen LogP contribution in [0.4, 0.5) is 4.79 Å². The Bertz CT molecular complexity index is 1120. The molecule has 0 aliphatic carbocycles. The van der Waals surface area contributed by atoms with E-state index in [1.54, 1.807) is 31.2 Å². The second kappa shape index (κ2) is 11.3. The van der Waals surface area contributed by atoms with Crippen molar-refractivity contribution in [1.29, 1.82) is 0 Å². The van der Waals surface area contributed by atoms with Crippen LogP contribution in [-0.4, -0.2) is 45.4 Å². The van der Waals surface area contributed by atoms with Crippen molar-refractivity contribution in [1.82, 2.24) is 10.6 Å². The Morgan fingerprint density at radius 1 is 1.21 bits per heavy atom. The Morgan fingerprint density at radius 3 is 2.65 bits per heavy atom. The van der Waals surface area contributed by atoms with Crippen LogP contribution in [-0.2, 0) is 19.1 Å². The number of hydrogen-bond acceptors (Lipinski definition) is 8. The van der Waals surface area contributed by atoms with Crippen LogP contribution in [0.25, 0.3) is 6.08 Å².